The van der Waals surface area contributed by atoms with Gasteiger partial charge in [-0.3, -0.25) is 4.90 Å². The number of rotatable bonds is 1. The molecule has 2 aromatic carbocycles. The van der Waals surface area contributed by atoms with Gasteiger partial charge in [-0.05, 0) is 36.2 Å². The summed E-state index contributed by atoms with van der Waals surface area (Å²) in [4.78, 5) is 14.0. The molecule has 1 unspecified atom stereocenters. The van der Waals surface area contributed by atoms with Crippen molar-refractivity contribution < 1.29 is 9.18 Å². The van der Waals surface area contributed by atoms with E-state index >= 15 is 0 Å². The number of hydrogen-bond acceptors (Lipinski definition) is 2. The molecule has 1 heterocycles. The van der Waals surface area contributed by atoms with E-state index in [2.05, 4.69) is 5.32 Å². The zero-order valence-electron chi connectivity index (χ0n) is 11.4. The molecule has 2 amide bonds. The van der Waals surface area contributed by atoms with Gasteiger partial charge >= 0.3 is 6.03 Å². The zero-order chi connectivity index (χ0) is 14.8. The summed E-state index contributed by atoms with van der Waals surface area (Å²) in [6.07, 6.45) is 0.750. The number of nitrogens with zero attached hydrogens (tertiary/aromatic N) is 1. The molecule has 1 atom stereocenters. The third-order valence-corrected chi connectivity index (χ3v) is 3.50. The summed E-state index contributed by atoms with van der Waals surface area (Å²) >= 11 is 0. The van der Waals surface area contributed by atoms with Gasteiger partial charge in [0, 0.05) is 24.0 Å². The van der Waals surface area contributed by atoms with E-state index in [0.717, 1.165) is 17.7 Å². The number of nitrogens with one attached hydrogen (secondary N) is 1. The number of hydrogen-bond donors (Lipinski definition) is 2. The number of fused-ring (bicyclic) bond motifs is 1. The summed E-state index contributed by atoms with van der Waals surface area (Å²) in [7, 11) is 0. The lowest BCUT2D eigenvalue weighted by Gasteiger charge is -2.33. The average molecular weight is 285 g/mol. The van der Waals surface area contributed by atoms with Crippen LogP contribution in [0.25, 0.3) is 0 Å². The first-order chi connectivity index (χ1) is 10.1. The highest BCUT2D eigenvalue weighted by Gasteiger charge is 2.26. The van der Waals surface area contributed by atoms with E-state index in [1.165, 1.54) is 12.1 Å². The van der Waals surface area contributed by atoms with Gasteiger partial charge in [0.25, 0.3) is 0 Å². The summed E-state index contributed by atoms with van der Waals surface area (Å²) in [6.45, 7) is 0.443. The van der Waals surface area contributed by atoms with Gasteiger partial charge in [-0.1, -0.05) is 24.3 Å². The van der Waals surface area contributed by atoms with Gasteiger partial charge in [-0.25, -0.2) is 9.18 Å². The smallest absolute Gasteiger partial charge is 0.326 e. The minimum atomic E-state index is -0.386. The number of para-hydroxylation sites is 1. The maximum Gasteiger partial charge on any atom is 0.326 e. The molecule has 0 saturated carbocycles. The lowest BCUT2D eigenvalue weighted by atomic mass is 9.99. The molecular formula is C16H16FN3O. The number of anilines is 2. The third-order valence-electron chi connectivity index (χ3n) is 3.50. The second-order valence-corrected chi connectivity index (χ2v) is 5.14. The number of nitrogens with two attached hydrogens (primary N) is 1. The van der Waals surface area contributed by atoms with E-state index in [9.17, 15) is 9.18 Å². The largest absolute Gasteiger partial charge is 0.326 e. The minimum Gasteiger partial charge on any atom is -0.326 e. The van der Waals surface area contributed by atoms with Crippen molar-refractivity contribution in [3.8, 4) is 0 Å². The van der Waals surface area contributed by atoms with Crippen molar-refractivity contribution in [2.45, 2.75) is 12.5 Å². The molecule has 21 heavy (non-hydrogen) atoms. The first-order valence-electron chi connectivity index (χ1n) is 6.81. The van der Waals surface area contributed by atoms with Crippen LogP contribution in [-0.2, 0) is 6.42 Å². The van der Waals surface area contributed by atoms with Gasteiger partial charge in [0.2, 0.25) is 0 Å². The first kappa shape index (κ1) is 13.6. The molecule has 0 aliphatic carbocycles. The zero-order valence-corrected chi connectivity index (χ0v) is 11.4. The van der Waals surface area contributed by atoms with E-state index in [1.54, 1.807) is 17.0 Å². The number of amides is 2. The highest BCUT2D eigenvalue weighted by molar-refractivity contribution is 6.02. The fraction of sp³-hybridized carbons (Fsp3) is 0.188. The molecule has 108 valence electrons. The maximum atomic E-state index is 13.2. The van der Waals surface area contributed by atoms with E-state index < -0.39 is 0 Å². The van der Waals surface area contributed by atoms with Crippen LogP contribution in [0.2, 0.25) is 0 Å². The SMILES string of the molecule is NC1Cc2ccccc2N(C(=O)Nc2cccc(F)c2)C1. The van der Waals surface area contributed by atoms with Crippen LogP contribution in [0.5, 0.6) is 0 Å². The van der Waals surface area contributed by atoms with Crippen LogP contribution in [0.4, 0.5) is 20.6 Å². The number of carbonyl (C=O) groups excluding carboxylic acids is 1. The molecule has 0 bridgehead atoms. The fourth-order valence-electron chi connectivity index (χ4n) is 2.58. The maximum absolute atomic E-state index is 13.2. The Bertz CT molecular complexity index is 674. The molecule has 1 aliphatic rings. The molecule has 0 spiro atoms. The van der Waals surface area contributed by atoms with Crippen LogP contribution < -0.4 is 16.0 Å². The summed E-state index contributed by atoms with van der Waals surface area (Å²) in [6, 6.07) is 13.1. The van der Waals surface area contributed by atoms with E-state index in [1.807, 2.05) is 24.3 Å². The normalized spacial score (nSPS) is 17.2. The minimum absolute atomic E-state index is 0.0989. The number of benzene rings is 2. The van der Waals surface area contributed by atoms with Crippen LogP contribution in [0, 0.1) is 5.82 Å². The lowest BCUT2D eigenvalue weighted by Crippen LogP contribution is -2.47. The predicted octanol–water partition coefficient (Wildman–Crippen LogP) is 2.75. The topological polar surface area (TPSA) is 58.4 Å². The van der Waals surface area contributed by atoms with E-state index in [-0.39, 0.29) is 17.9 Å². The Hall–Kier alpha value is -2.40. The van der Waals surface area contributed by atoms with Gasteiger partial charge in [0.1, 0.15) is 5.82 Å². The summed E-state index contributed by atoms with van der Waals surface area (Å²) in [5, 5.41) is 2.71. The number of halogens is 1. The molecule has 3 rings (SSSR count). The van der Waals surface area contributed by atoms with Crippen molar-refractivity contribution in [3.63, 3.8) is 0 Å². The quantitative estimate of drug-likeness (QED) is 0.846. The molecule has 0 saturated heterocycles. The van der Waals surface area contributed by atoms with Crippen LogP contribution in [-0.4, -0.2) is 18.6 Å². The van der Waals surface area contributed by atoms with Crippen LogP contribution in [0.15, 0.2) is 48.5 Å². The van der Waals surface area contributed by atoms with Crippen LogP contribution in [0.3, 0.4) is 0 Å². The monoisotopic (exact) mass is 285 g/mol. The molecule has 4 nitrogen and oxygen atoms in total. The van der Waals surface area contributed by atoms with Gasteiger partial charge in [-0.15, -0.1) is 0 Å². The molecule has 0 radical (unpaired) electrons. The summed E-state index contributed by atoms with van der Waals surface area (Å²) in [5.74, 6) is -0.386. The van der Waals surface area contributed by atoms with E-state index in [0.29, 0.717) is 12.2 Å². The van der Waals surface area contributed by atoms with Crippen molar-refractivity contribution >= 4 is 17.4 Å². The first-order valence-corrected chi connectivity index (χ1v) is 6.81. The molecule has 3 N–H and O–H groups in total. The molecule has 5 heteroatoms. The van der Waals surface area contributed by atoms with Crippen molar-refractivity contribution in [1.82, 2.24) is 0 Å². The number of carbonyl (C=O) groups is 1. The second-order valence-electron chi connectivity index (χ2n) is 5.14. The Morgan fingerprint density at radius 3 is 2.86 bits per heavy atom. The van der Waals surface area contributed by atoms with E-state index in [4.69, 9.17) is 5.73 Å². The summed E-state index contributed by atoms with van der Waals surface area (Å²) in [5.41, 5.74) is 8.34. The van der Waals surface area contributed by atoms with Crippen molar-refractivity contribution in [1.29, 1.82) is 0 Å². The Kier molecular flexibility index (Phi) is 3.58. The molecule has 0 fully saturated rings. The highest BCUT2D eigenvalue weighted by atomic mass is 19.1. The Morgan fingerprint density at radius 1 is 1.24 bits per heavy atom. The third kappa shape index (κ3) is 2.87. The summed E-state index contributed by atoms with van der Waals surface area (Å²) < 4.78 is 13.2. The Morgan fingerprint density at radius 2 is 2.05 bits per heavy atom. The Labute approximate surface area is 122 Å². The molecule has 0 aromatic heterocycles. The second kappa shape index (κ2) is 5.54. The fourth-order valence-corrected chi connectivity index (χ4v) is 2.58. The van der Waals surface area contributed by atoms with Crippen LogP contribution in [0.1, 0.15) is 5.56 Å². The van der Waals surface area contributed by atoms with Crippen molar-refractivity contribution in [2.75, 3.05) is 16.8 Å². The van der Waals surface area contributed by atoms with Gasteiger partial charge in [-0.2, -0.15) is 0 Å². The predicted molar refractivity (Wildman–Crippen MR) is 80.9 cm³/mol. The highest BCUT2D eigenvalue weighted by Crippen LogP contribution is 2.27. The van der Waals surface area contributed by atoms with Gasteiger partial charge < -0.3 is 11.1 Å². The lowest BCUT2D eigenvalue weighted by molar-refractivity contribution is 0.256. The molecule has 1 aliphatic heterocycles. The molecular weight excluding hydrogens is 269 g/mol. The average Bonchev–Trinajstić information content (AvgIpc) is 2.46. The molecule has 2 aromatic rings. The van der Waals surface area contributed by atoms with Crippen LogP contribution >= 0.6 is 0 Å². The van der Waals surface area contributed by atoms with Crippen molar-refractivity contribution in [2.24, 2.45) is 5.73 Å². The van der Waals surface area contributed by atoms with Gasteiger partial charge in [0.05, 0.1) is 0 Å². The number of urea groups is 1. The van der Waals surface area contributed by atoms with Crippen molar-refractivity contribution in [3.05, 3.63) is 59.9 Å². The standard InChI is InChI=1S/C16H16FN3O/c17-12-5-3-6-14(9-12)19-16(21)20-10-13(18)8-11-4-1-2-7-15(11)20/h1-7,9,13H,8,10,18H2,(H,19,21). The van der Waals surface area contributed by atoms with Gasteiger partial charge in [0.15, 0.2) is 0 Å². The Balaban J connectivity index is 1.85.